The molecule has 136 valence electrons. The van der Waals surface area contributed by atoms with Gasteiger partial charge < -0.3 is 10.4 Å². The fourth-order valence-corrected chi connectivity index (χ4v) is 4.34. The van der Waals surface area contributed by atoms with Crippen molar-refractivity contribution in [1.29, 1.82) is 0 Å². The Bertz CT molecular complexity index is 430. The summed E-state index contributed by atoms with van der Waals surface area (Å²) >= 11 is 0. The van der Waals surface area contributed by atoms with Crippen LogP contribution in [-0.2, 0) is 4.79 Å². The van der Waals surface area contributed by atoms with E-state index in [0.29, 0.717) is 12.0 Å². The minimum Gasteiger partial charge on any atom is -0.481 e. The maximum absolute atomic E-state index is 10.5. The van der Waals surface area contributed by atoms with Crippen molar-refractivity contribution >= 4 is 5.97 Å². The number of carboxylic acid groups (broad SMARTS) is 1. The van der Waals surface area contributed by atoms with Crippen LogP contribution in [0.3, 0.4) is 0 Å². The first-order valence-corrected chi connectivity index (χ1v) is 9.99. The lowest BCUT2D eigenvalue weighted by Crippen LogP contribution is -2.37. The number of hydrogen-bond acceptors (Lipinski definition) is 2. The third-order valence-electron chi connectivity index (χ3n) is 5.68. The van der Waals surface area contributed by atoms with E-state index in [0.717, 1.165) is 31.1 Å². The molecule has 0 aromatic heterocycles. The molecule has 1 saturated carbocycles. The van der Waals surface area contributed by atoms with E-state index in [9.17, 15) is 4.79 Å². The zero-order chi connectivity index (χ0) is 17.2. The number of hydrogen-bond donors (Lipinski definition) is 2. The van der Waals surface area contributed by atoms with Crippen LogP contribution in [0.15, 0.2) is 24.3 Å². The van der Waals surface area contributed by atoms with Crippen molar-refractivity contribution in [2.45, 2.75) is 77.2 Å². The van der Waals surface area contributed by atoms with Gasteiger partial charge in [0, 0.05) is 12.5 Å². The van der Waals surface area contributed by atoms with Crippen LogP contribution in [0.25, 0.3) is 0 Å². The molecule has 2 rings (SSSR count). The van der Waals surface area contributed by atoms with E-state index >= 15 is 0 Å². The summed E-state index contributed by atoms with van der Waals surface area (Å²) in [6.45, 7) is 3.44. The molecule has 24 heavy (non-hydrogen) atoms. The van der Waals surface area contributed by atoms with E-state index in [4.69, 9.17) is 5.11 Å². The van der Waals surface area contributed by atoms with Crippen LogP contribution in [0.2, 0.25) is 0 Å². The fourth-order valence-electron chi connectivity index (χ4n) is 4.34. The Balaban J connectivity index is 1.72. The number of fused-ring (bicyclic) bond motifs is 2. The van der Waals surface area contributed by atoms with Gasteiger partial charge in [-0.2, -0.15) is 0 Å². The van der Waals surface area contributed by atoms with Crippen molar-refractivity contribution in [3.05, 3.63) is 24.3 Å². The topological polar surface area (TPSA) is 49.3 Å². The van der Waals surface area contributed by atoms with Crippen LogP contribution in [0.1, 0.15) is 71.1 Å². The summed E-state index contributed by atoms with van der Waals surface area (Å²) < 4.78 is 0. The second-order valence-electron chi connectivity index (χ2n) is 7.52. The minimum atomic E-state index is -0.688. The molecule has 0 unspecified atom stereocenters. The average molecular weight is 334 g/mol. The molecule has 2 N–H and O–H groups in total. The Morgan fingerprint density at radius 3 is 2.75 bits per heavy atom. The van der Waals surface area contributed by atoms with E-state index in [1.807, 2.05) is 0 Å². The molecular weight excluding hydrogens is 298 g/mol. The van der Waals surface area contributed by atoms with Crippen molar-refractivity contribution in [2.75, 3.05) is 6.54 Å². The number of nitrogens with one attached hydrogen (secondary N) is 1. The van der Waals surface area contributed by atoms with Gasteiger partial charge in [0.25, 0.3) is 0 Å². The maximum Gasteiger partial charge on any atom is 0.303 e. The molecule has 1 aliphatic heterocycles. The summed E-state index contributed by atoms with van der Waals surface area (Å²) in [5, 5.41) is 12.3. The van der Waals surface area contributed by atoms with Crippen LogP contribution in [-0.4, -0.2) is 23.7 Å². The summed E-state index contributed by atoms with van der Waals surface area (Å²) in [7, 11) is 0. The minimum absolute atomic E-state index is 0.284. The number of piperidine rings is 1. The van der Waals surface area contributed by atoms with Gasteiger partial charge in [0.1, 0.15) is 0 Å². The molecule has 4 atom stereocenters. The number of allylic oxidation sites excluding steroid dienone is 3. The van der Waals surface area contributed by atoms with Crippen molar-refractivity contribution in [2.24, 2.45) is 17.8 Å². The molecule has 1 heterocycles. The van der Waals surface area contributed by atoms with Crippen LogP contribution in [0.5, 0.6) is 0 Å². The first-order chi connectivity index (χ1) is 11.7. The van der Waals surface area contributed by atoms with Gasteiger partial charge >= 0.3 is 5.97 Å². The SMILES string of the molecule is CCCCCC/C=C/[C@@H]1[C@@H](C/C=C\CCCC(=O)O)[C@H]2CN[C@@H]1C2. The molecule has 1 aliphatic carbocycles. The third kappa shape index (κ3) is 6.08. The molecule has 0 aromatic carbocycles. The summed E-state index contributed by atoms with van der Waals surface area (Å²) in [4.78, 5) is 10.5. The molecule has 2 fully saturated rings. The monoisotopic (exact) mass is 333 g/mol. The lowest BCUT2D eigenvalue weighted by Gasteiger charge is -2.29. The highest BCUT2D eigenvalue weighted by atomic mass is 16.4. The van der Waals surface area contributed by atoms with Crippen molar-refractivity contribution in [3.63, 3.8) is 0 Å². The molecule has 3 nitrogen and oxygen atoms in total. The lowest BCUT2D eigenvalue weighted by molar-refractivity contribution is -0.137. The van der Waals surface area contributed by atoms with Crippen LogP contribution in [0.4, 0.5) is 0 Å². The molecule has 2 aliphatic rings. The van der Waals surface area contributed by atoms with Gasteiger partial charge in [0.05, 0.1) is 0 Å². The first kappa shape index (κ1) is 19.2. The molecule has 3 heteroatoms. The number of carboxylic acids is 1. The second-order valence-corrected chi connectivity index (χ2v) is 7.52. The maximum atomic E-state index is 10.5. The fraction of sp³-hybridized carbons (Fsp3) is 0.762. The smallest absolute Gasteiger partial charge is 0.303 e. The highest BCUT2D eigenvalue weighted by Gasteiger charge is 2.45. The van der Waals surface area contributed by atoms with Gasteiger partial charge in [-0.15, -0.1) is 0 Å². The molecule has 0 amide bonds. The Morgan fingerprint density at radius 2 is 1.96 bits per heavy atom. The molecule has 2 bridgehead atoms. The Kier molecular flexibility index (Phi) is 8.58. The predicted octanol–water partition coefficient (Wildman–Crippen LogP) is 4.94. The van der Waals surface area contributed by atoms with Gasteiger partial charge in [0.15, 0.2) is 0 Å². The molecule has 0 aromatic rings. The average Bonchev–Trinajstić information content (AvgIpc) is 3.15. The van der Waals surface area contributed by atoms with Crippen LogP contribution in [0, 0.1) is 17.8 Å². The van der Waals surface area contributed by atoms with Crippen LogP contribution < -0.4 is 5.32 Å². The highest BCUT2D eigenvalue weighted by Crippen LogP contribution is 2.44. The molecule has 0 radical (unpaired) electrons. The number of aliphatic carboxylic acids is 1. The van der Waals surface area contributed by atoms with Gasteiger partial charge in [-0.25, -0.2) is 0 Å². The second kappa shape index (κ2) is 10.7. The summed E-state index contributed by atoms with van der Waals surface area (Å²) in [6, 6.07) is 0.687. The summed E-state index contributed by atoms with van der Waals surface area (Å²) in [5.41, 5.74) is 0. The van der Waals surface area contributed by atoms with Gasteiger partial charge in [-0.3, -0.25) is 4.79 Å². The molecule has 0 spiro atoms. The largest absolute Gasteiger partial charge is 0.481 e. The van der Waals surface area contributed by atoms with Crippen molar-refractivity contribution in [3.8, 4) is 0 Å². The number of unbranched alkanes of at least 4 members (excludes halogenated alkanes) is 5. The first-order valence-electron chi connectivity index (χ1n) is 9.99. The third-order valence-corrected chi connectivity index (χ3v) is 5.68. The Morgan fingerprint density at radius 1 is 1.12 bits per heavy atom. The van der Waals surface area contributed by atoms with Gasteiger partial charge in [-0.05, 0) is 62.8 Å². The normalized spacial score (nSPS) is 29.2. The highest BCUT2D eigenvalue weighted by molar-refractivity contribution is 5.66. The quantitative estimate of drug-likeness (QED) is 0.393. The predicted molar refractivity (Wildman–Crippen MR) is 100 cm³/mol. The van der Waals surface area contributed by atoms with E-state index < -0.39 is 5.97 Å². The Hall–Kier alpha value is -1.09. The lowest BCUT2D eigenvalue weighted by atomic mass is 9.83. The summed E-state index contributed by atoms with van der Waals surface area (Å²) in [6.07, 6.45) is 20.4. The standard InChI is InChI=1S/C21H35NO2/c1-2-3-4-5-6-10-13-19-18(17-15-20(19)22-16-17)12-9-7-8-11-14-21(23)24/h7,9-10,13,17-20,22H,2-6,8,11-12,14-16H2,1H3,(H,23,24)/b9-7-,13-10+/t17-,18+,19-,20-/m1/s1. The van der Waals surface area contributed by atoms with E-state index in [2.05, 4.69) is 36.5 Å². The Labute approximate surface area is 147 Å². The van der Waals surface area contributed by atoms with E-state index in [-0.39, 0.29) is 6.42 Å². The summed E-state index contributed by atoms with van der Waals surface area (Å²) in [5.74, 6) is 1.61. The van der Waals surface area contributed by atoms with Crippen molar-refractivity contribution in [1.82, 2.24) is 5.32 Å². The van der Waals surface area contributed by atoms with Gasteiger partial charge in [-0.1, -0.05) is 50.5 Å². The van der Waals surface area contributed by atoms with E-state index in [1.54, 1.807) is 0 Å². The number of carbonyl (C=O) groups is 1. The molecule has 1 saturated heterocycles. The zero-order valence-electron chi connectivity index (χ0n) is 15.3. The van der Waals surface area contributed by atoms with Gasteiger partial charge in [0.2, 0.25) is 0 Å². The van der Waals surface area contributed by atoms with E-state index in [1.165, 1.54) is 45.1 Å². The zero-order valence-corrected chi connectivity index (χ0v) is 15.3. The number of rotatable bonds is 12. The molecular formula is C21H35NO2. The van der Waals surface area contributed by atoms with Crippen LogP contribution >= 0.6 is 0 Å². The van der Waals surface area contributed by atoms with Crippen molar-refractivity contribution < 1.29 is 9.90 Å².